The Labute approximate surface area is 180 Å². The van der Waals surface area contributed by atoms with Crippen molar-refractivity contribution in [2.24, 2.45) is 0 Å². The summed E-state index contributed by atoms with van der Waals surface area (Å²) in [5, 5.41) is 11.1. The van der Waals surface area contributed by atoms with E-state index < -0.39 is 15.7 Å². The topological polar surface area (TPSA) is 87.1 Å². The van der Waals surface area contributed by atoms with Gasteiger partial charge in [-0.15, -0.1) is 0 Å². The zero-order chi connectivity index (χ0) is 22.2. The van der Waals surface area contributed by atoms with Crippen LogP contribution < -0.4 is 4.74 Å². The molecular weight excluding hydrogens is 402 g/mol. The van der Waals surface area contributed by atoms with E-state index in [2.05, 4.69) is 31.1 Å². The number of ether oxygens (including phenoxy) is 1. The molecular formula is C23H33NO5S. The number of aliphatic hydroxyl groups is 1. The van der Waals surface area contributed by atoms with Gasteiger partial charge in [-0.1, -0.05) is 49.6 Å². The molecule has 1 saturated carbocycles. The van der Waals surface area contributed by atoms with Gasteiger partial charge in [0.2, 0.25) is 0 Å². The summed E-state index contributed by atoms with van der Waals surface area (Å²) in [6.07, 6.45) is 5.35. The largest absolute Gasteiger partial charge is 0.497 e. The average molecular weight is 436 g/mol. The third-order valence-electron chi connectivity index (χ3n) is 5.47. The van der Waals surface area contributed by atoms with Crippen molar-refractivity contribution in [3.8, 4) is 5.75 Å². The van der Waals surface area contributed by atoms with Gasteiger partial charge in [-0.05, 0) is 56.8 Å². The van der Waals surface area contributed by atoms with Crippen LogP contribution in [0.2, 0.25) is 0 Å². The monoisotopic (exact) mass is 435 g/mol. The van der Waals surface area contributed by atoms with Crippen molar-refractivity contribution in [1.82, 2.24) is 4.90 Å². The molecule has 0 bridgehead atoms. The van der Waals surface area contributed by atoms with Gasteiger partial charge in [0.05, 0.1) is 17.6 Å². The number of rotatable bonds is 6. The summed E-state index contributed by atoms with van der Waals surface area (Å²) in [5.74, 6) is 1.04. The molecule has 6 nitrogen and oxygen atoms in total. The first-order chi connectivity index (χ1) is 14.2. The average Bonchev–Trinajstić information content (AvgIpc) is 2.73. The first-order valence-corrected chi connectivity index (χ1v) is 11.6. The molecule has 7 heteroatoms. The number of methoxy groups -OCH3 is 1. The molecule has 0 spiro atoms. The molecule has 1 aliphatic carbocycles. The quantitative estimate of drug-likeness (QED) is 0.668. The Hall–Kier alpha value is -1.93. The molecule has 0 aliphatic heterocycles. The molecule has 0 unspecified atom stereocenters. The van der Waals surface area contributed by atoms with Gasteiger partial charge in [0.1, 0.15) is 5.75 Å². The minimum Gasteiger partial charge on any atom is -0.497 e. The first-order valence-electron chi connectivity index (χ1n) is 10.2. The van der Waals surface area contributed by atoms with Crippen LogP contribution >= 0.6 is 0 Å². The molecule has 2 aromatic carbocycles. The normalized spacial score (nSPS) is 17.0. The highest BCUT2D eigenvalue weighted by Gasteiger charge is 2.38. The van der Waals surface area contributed by atoms with E-state index >= 15 is 0 Å². The van der Waals surface area contributed by atoms with Crippen molar-refractivity contribution in [2.75, 3.05) is 27.7 Å². The van der Waals surface area contributed by atoms with Crippen molar-refractivity contribution in [1.29, 1.82) is 0 Å². The van der Waals surface area contributed by atoms with Crippen LogP contribution in [0.1, 0.15) is 43.6 Å². The Kier molecular flexibility index (Phi) is 8.85. The maximum Gasteiger partial charge on any atom is 0.294 e. The Morgan fingerprint density at radius 3 is 2.00 bits per heavy atom. The number of likely N-dealkylation sites (N-methyl/N-ethyl adjacent to an activating group) is 1. The predicted molar refractivity (Wildman–Crippen MR) is 119 cm³/mol. The molecule has 2 aromatic rings. The maximum atomic E-state index is 11.1. The van der Waals surface area contributed by atoms with Crippen molar-refractivity contribution < 1.29 is 22.8 Å². The van der Waals surface area contributed by atoms with Gasteiger partial charge in [-0.2, -0.15) is 8.42 Å². The lowest BCUT2D eigenvalue weighted by Crippen LogP contribution is -2.42. The number of hydrogen-bond donors (Lipinski definition) is 2. The van der Waals surface area contributed by atoms with Crippen molar-refractivity contribution in [3.05, 3.63) is 60.2 Å². The summed E-state index contributed by atoms with van der Waals surface area (Å²) < 4.78 is 34.5. The van der Waals surface area contributed by atoms with Crippen molar-refractivity contribution >= 4 is 10.1 Å². The van der Waals surface area contributed by atoms with Crippen LogP contribution in [0.4, 0.5) is 0 Å². The zero-order valence-corrected chi connectivity index (χ0v) is 18.8. The predicted octanol–water partition coefficient (Wildman–Crippen LogP) is 3.97. The minimum atomic E-state index is -4.00. The van der Waals surface area contributed by atoms with E-state index in [4.69, 9.17) is 9.29 Å². The second-order valence-corrected chi connectivity index (χ2v) is 9.46. The van der Waals surface area contributed by atoms with E-state index in [-0.39, 0.29) is 10.8 Å². The highest BCUT2D eigenvalue weighted by atomic mass is 32.2. The van der Waals surface area contributed by atoms with E-state index in [0.29, 0.717) is 0 Å². The highest BCUT2D eigenvalue weighted by Crippen LogP contribution is 2.40. The maximum absolute atomic E-state index is 11.1. The number of nitrogens with zero attached hydrogens (tertiary/aromatic N) is 1. The van der Waals surface area contributed by atoms with Gasteiger partial charge in [0.25, 0.3) is 10.1 Å². The van der Waals surface area contributed by atoms with E-state index in [1.807, 2.05) is 12.1 Å². The number of benzene rings is 2. The summed E-state index contributed by atoms with van der Waals surface area (Å²) in [6.45, 7) is 0.878. The fourth-order valence-electron chi connectivity index (χ4n) is 3.89. The smallest absolute Gasteiger partial charge is 0.294 e. The van der Waals surface area contributed by atoms with Gasteiger partial charge >= 0.3 is 0 Å². The van der Waals surface area contributed by atoms with Gasteiger partial charge in [-0.25, -0.2) is 0 Å². The molecule has 166 valence electrons. The summed E-state index contributed by atoms with van der Waals surface area (Å²) >= 11 is 0. The van der Waals surface area contributed by atoms with Crippen LogP contribution in [0.5, 0.6) is 5.75 Å². The van der Waals surface area contributed by atoms with Gasteiger partial charge < -0.3 is 14.7 Å². The van der Waals surface area contributed by atoms with Crippen LogP contribution in [0.25, 0.3) is 0 Å². The fourth-order valence-corrected chi connectivity index (χ4v) is 4.39. The molecule has 0 aromatic heterocycles. The van der Waals surface area contributed by atoms with Gasteiger partial charge in [0, 0.05) is 12.5 Å². The van der Waals surface area contributed by atoms with E-state index in [9.17, 15) is 13.5 Å². The van der Waals surface area contributed by atoms with Crippen LogP contribution in [-0.2, 0) is 10.1 Å². The third-order valence-corrected chi connectivity index (χ3v) is 6.34. The van der Waals surface area contributed by atoms with Crippen molar-refractivity contribution in [2.45, 2.75) is 48.5 Å². The Balaban J connectivity index is 0.000000269. The minimum absolute atomic E-state index is 0.0741. The van der Waals surface area contributed by atoms with Crippen LogP contribution in [0.15, 0.2) is 59.5 Å². The summed E-state index contributed by atoms with van der Waals surface area (Å²) in [7, 11) is 1.82. The lowest BCUT2D eigenvalue weighted by molar-refractivity contribution is -0.0277. The lowest BCUT2D eigenvalue weighted by atomic mass is 9.72. The SMILES string of the molecule is COc1ccc([C@H](CN(C)C)C2(O)CCCCC2)cc1.O=S(=O)(O)c1ccccc1. The van der Waals surface area contributed by atoms with Crippen LogP contribution in [0, 0.1) is 0 Å². The van der Waals surface area contributed by atoms with Gasteiger partial charge in [-0.3, -0.25) is 4.55 Å². The summed E-state index contributed by atoms with van der Waals surface area (Å²) in [4.78, 5) is 2.09. The Morgan fingerprint density at radius 1 is 1.00 bits per heavy atom. The van der Waals surface area contributed by atoms with Gasteiger partial charge in [0.15, 0.2) is 0 Å². The van der Waals surface area contributed by atoms with E-state index in [0.717, 1.165) is 38.0 Å². The molecule has 3 rings (SSSR count). The molecule has 1 aliphatic rings. The molecule has 0 saturated heterocycles. The Bertz CT molecular complexity index is 860. The molecule has 0 heterocycles. The van der Waals surface area contributed by atoms with E-state index in [1.54, 1.807) is 25.3 Å². The second kappa shape index (κ2) is 10.9. The third kappa shape index (κ3) is 7.09. The molecule has 0 amide bonds. The lowest BCUT2D eigenvalue weighted by Gasteiger charge is -2.40. The molecule has 1 atom stereocenters. The molecule has 2 N–H and O–H groups in total. The van der Waals surface area contributed by atoms with Crippen LogP contribution in [0.3, 0.4) is 0 Å². The molecule has 30 heavy (non-hydrogen) atoms. The van der Waals surface area contributed by atoms with Crippen molar-refractivity contribution in [3.63, 3.8) is 0 Å². The summed E-state index contributed by atoms with van der Waals surface area (Å²) in [5.41, 5.74) is 0.654. The van der Waals surface area contributed by atoms with E-state index in [1.165, 1.54) is 24.1 Å². The number of hydrogen-bond acceptors (Lipinski definition) is 5. The standard InChI is InChI=1S/C17H27NO2.C6H6O3S/c1-18(2)13-16(17(19)11-5-4-6-12-17)14-7-9-15(20-3)10-8-14;7-10(8,9)6-4-2-1-3-5-6/h7-10,16,19H,4-6,11-13H2,1-3H3;1-5H,(H,7,8,9)/t16-;/m0./s1. The second-order valence-electron chi connectivity index (χ2n) is 8.04. The zero-order valence-electron chi connectivity index (χ0n) is 18.0. The molecule has 0 radical (unpaired) electrons. The van der Waals surface area contributed by atoms with Crippen LogP contribution in [-0.4, -0.2) is 56.3 Å². The Morgan fingerprint density at radius 2 is 1.57 bits per heavy atom. The first kappa shape index (κ1) is 24.3. The highest BCUT2D eigenvalue weighted by molar-refractivity contribution is 7.85. The molecule has 1 fully saturated rings. The fraction of sp³-hybridized carbons (Fsp3) is 0.478. The summed E-state index contributed by atoms with van der Waals surface area (Å²) in [6, 6.07) is 15.6.